The number of aromatic amines is 1. The van der Waals surface area contributed by atoms with Crippen LogP contribution in [0.1, 0.15) is 35.4 Å². The largest absolute Gasteiger partial charge is 0.340 e. The number of aryl methyl sites for hydroxylation is 1. The molecule has 1 aliphatic heterocycles. The van der Waals surface area contributed by atoms with Gasteiger partial charge in [-0.2, -0.15) is 4.98 Å². The predicted molar refractivity (Wildman–Crippen MR) is 122 cm³/mol. The van der Waals surface area contributed by atoms with Crippen molar-refractivity contribution in [1.82, 2.24) is 24.7 Å². The van der Waals surface area contributed by atoms with Crippen molar-refractivity contribution in [2.45, 2.75) is 26.2 Å². The third kappa shape index (κ3) is 3.73. The molecule has 0 aliphatic carbocycles. The molecular weight excluding hydrogens is 406 g/mol. The summed E-state index contributed by atoms with van der Waals surface area (Å²) in [6.45, 7) is 3.64. The maximum absolute atomic E-state index is 13.0. The Morgan fingerprint density at radius 3 is 2.53 bits per heavy atom. The summed E-state index contributed by atoms with van der Waals surface area (Å²) in [7, 11) is 0. The minimum atomic E-state index is -0.307. The molecule has 0 unspecified atom stereocenters. The van der Waals surface area contributed by atoms with Gasteiger partial charge in [0.05, 0.1) is 16.6 Å². The summed E-state index contributed by atoms with van der Waals surface area (Å²) in [6.07, 6.45) is 3.47. The molecule has 9 heteroatoms. The zero-order valence-corrected chi connectivity index (χ0v) is 17.7. The van der Waals surface area contributed by atoms with Gasteiger partial charge in [0.1, 0.15) is 5.82 Å². The second kappa shape index (κ2) is 8.26. The van der Waals surface area contributed by atoms with Gasteiger partial charge in [-0.1, -0.05) is 12.1 Å². The number of nitrogens with one attached hydrogen (secondary N) is 2. The SMILES string of the molecule is Cc1nc2ccccc2c(=O)n1-c1ccc(C(=O)Nc2nc(N3CCCCC3)n[nH]2)cc1. The van der Waals surface area contributed by atoms with Crippen molar-refractivity contribution in [2.75, 3.05) is 23.3 Å². The summed E-state index contributed by atoms with van der Waals surface area (Å²) in [5.41, 5.74) is 1.62. The van der Waals surface area contributed by atoms with Crippen LogP contribution in [0.2, 0.25) is 0 Å². The Labute approximate surface area is 184 Å². The third-order valence-corrected chi connectivity index (χ3v) is 5.68. The van der Waals surface area contributed by atoms with Gasteiger partial charge in [-0.15, -0.1) is 5.10 Å². The predicted octanol–water partition coefficient (Wildman–Crippen LogP) is 3.05. The van der Waals surface area contributed by atoms with Gasteiger partial charge < -0.3 is 4.90 Å². The summed E-state index contributed by atoms with van der Waals surface area (Å²) in [4.78, 5) is 36.7. The first-order valence-electron chi connectivity index (χ1n) is 10.7. The van der Waals surface area contributed by atoms with E-state index in [0.29, 0.717) is 39.9 Å². The summed E-state index contributed by atoms with van der Waals surface area (Å²) < 4.78 is 1.55. The summed E-state index contributed by atoms with van der Waals surface area (Å²) in [5.74, 6) is 1.19. The quantitative estimate of drug-likeness (QED) is 0.516. The summed E-state index contributed by atoms with van der Waals surface area (Å²) in [5, 5.41) is 10.3. The van der Waals surface area contributed by atoms with E-state index in [2.05, 4.69) is 30.4 Å². The van der Waals surface area contributed by atoms with Gasteiger partial charge in [-0.3, -0.25) is 19.5 Å². The van der Waals surface area contributed by atoms with Crippen LogP contribution in [0.5, 0.6) is 0 Å². The Hall–Kier alpha value is -4.01. The van der Waals surface area contributed by atoms with Crippen LogP contribution in [0.4, 0.5) is 11.9 Å². The second-order valence-electron chi connectivity index (χ2n) is 7.85. The number of H-pyrrole nitrogens is 1. The first kappa shape index (κ1) is 19.9. The molecular formula is C23H23N7O2. The number of carbonyl (C=O) groups excluding carboxylic acids is 1. The molecule has 0 saturated carbocycles. The maximum Gasteiger partial charge on any atom is 0.265 e. The number of nitrogens with zero attached hydrogens (tertiary/aromatic N) is 5. The molecule has 0 radical (unpaired) electrons. The van der Waals surface area contributed by atoms with E-state index in [1.54, 1.807) is 41.8 Å². The van der Waals surface area contributed by atoms with Crippen molar-refractivity contribution in [3.63, 3.8) is 0 Å². The van der Waals surface area contributed by atoms with Gasteiger partial charge in [-0.25, -0.2) is 10.1 Å². The van der Waals surface area contributed by atoms with E-state index in [1.165, 1.54) is 6.42 Å². The number of benzene rings is 2. The standard InChI is InChI=1S/C23H23N7O2/c1-15-24-19-8-4-3-7-18(19)21(32)30(15)17-11-9-16(10-12-17)20(31)25-22-26-23(28-27-22)29-13-5-2-6-14-29/h3-4,7-12H,2,5-6,13-14H2,1H3,(H2,25,26,27,28,31). The number of fused-ring (bicyclic) bond motifs is 1. The first-order chi connectivity index (χ1) is 15.6. The molecule has 162 valence electrons. The molecule has 1 amide bonds. The van der Waals surface area contributed by atoms with Gasteiger partial charge in [0.2, 0.25) is 11.9 Å². The normalized spacial score (nSPS) is 14.0. The first-order valence-corrected chi connectivity index (χ1v) is 10.7. The number of anilines is 2. The van der Waals surface area contributed by atoms with Crippen molar-refractivity contribution < 1.29 is 4.79 Å². The van der Waals surface area contributed by atoms with E-state index in [-0.39, 0.29) is 11.5 Å². The molecule has 2 aromatic heterocycles. The number of hydrogen-bond donors (Lipinski definition) is 2. The molecule has 0 atom stereocenters. The Morgan fingerprint density at radius 2 is 1.75 bits per heavy atom. The van der Waals surface area contributed by atoms with Gasteiger partial charge in [0.25, 0.3) is 11.5 Å². The lowest BCUT2D eigenvalue weighted by atomic mass is 10.1. The molecule has 2 aromatic carbocycles. The van der Waals surface area contributed by atoms with E-state index in [4.69, 9.17) is 0 Å². The van der Waals surface area contributed by atoms with Gasteiger partial charge in [0, 0.05) is 18.7 Å². The maximum atomic E-state index is 13.0. The highest BCUT2D eigenvalue weighted by molar-refractivity contribution is 6.03. The smallest absolute Gasteiger partial charge is 0.265 e. The summed E-state index contributed by atoms with van der Waals surface area (Å²) >= 11 is 0. The average molecular weight is 429 g/mol. The zero-order chi connectivity index (χ0) is 22.1. The number of amides is 1. The number of hydrogen-bond acceptors (Lipinski definition) is 6. The van der Waals surface area contributed by atoms with Crippen molar-refractivity contribution in [3.05, 3.63) is 70.3 Å². The van der Waals surface area contributed by atoms with E-state index in [9.17, 15) is 9.59 Å². The van der Waals surface area contributed by atoms with Crippen LogP contribution >= 0.6 is 0 Å². The highest BCUT2D eigenvalue weighted by atomic mass is 16.2. The average Bonchev–Trinajstić information content (AvgIpc) is 3.28. The number of aromatic nitrogens is 5. The van der Waals surface area contributed by atoms with Crippen LogP contribution in [0.3, 0.4) is 0 Å². The molecule has 4 aromatic rings. The van der Waals surface area contributed by atoms with E-state index in [1.807, 2.05) is 18.2 Å². The fourth-order valence-corrected chi connectivity index (χ4v) is 4.03. The van der Waals surface area contributed by atoms with E-state index < -0.39 is 0 Å². The number of carbonyl (C=O) groups is 1. The lowest BCUT2D eigenvalue weighted by Crippen LogP contribution is -2.30. The fraction of sp³-hybridized carbons (Fsp3) is 0.261. The van der Waals surface area contributed by atoms with E-state index >= 15 is 0 Å². The highest BCUT2D eigenvalue weighted by Gasteiger charge is 2.17. The molecule has 2 N–H and O–H groups in total. The molecule has 3 heterocycles. The molecule has 1 fully saturated rings. The van der Waals surface area contributed by atoms with Crippen molar-refractivity contribution in [2.24, 2.45) is 0 Å². The lowest BCUT2D eigenvalue weighted by molar-refractivity contribution is 0.102. The molecule has 5 rings (SSSR count). The van der Waals surface area contributed by atoms with E-state index in [0.717, 1.165) is 25.9 Å². The summed E-state index contributed by atoms with van der Waals surface area (Å²) in [6, 6.07) is 14.1. The number of piperidine rings is 1. The van der Waals surface area contributed by atoms with Gasteiger partial charge in [0.15, 0.2) is 0 Å². The van der Waals surface area contributed by atoms with Crippen molar-refractivity contribution in [3.8, 4) is 5.69 Å². The number of rotatable bonds is 4. The zero-order valence-electron chi connectivity index (χ0n) is 17.7. The Morgan fingerprint density at radius 1 is 1.00 bits per heavy atom. The van der Waals surface area contributed by atoms with Gasteiger partial charge in [-0.05, 0) is 62.6 Å². The second-order valence-corrected chi connectivity index (χ2v) is 7.85. The van der Waals surface area contributed by atoms with Crippen LogP contribution in [0.15, 0.2) is 53.3 Å². The molecule has 0 bridgehead atoms. The Balaban J connectivity index is 1.35. The Bertz CT molecular complexity index is 1330. The molecule has 32 heavy (non-hydrogen) atoms. The van der Waals surface area contributed by atoms with Gasteiger partial charge >= 0.3 is 0 Å². The van der Waals surface area contributed by atoms with Crippen LogP contribution in [0.25, 0.3) is 16.6 Å². The fourth-order valence-electron chi connectivity index (χ4n) is 4.03. The van der Waals surface area contributed by atoms with Crippen LogP contribution < -0.4 is 15.8 Å². The van der Waals surface area contributed by atoms with Crippen LogP contribution in [0, 0.1) is 6.92 Å². The number of para-hydroxylation sites is 1. The minimum Gasteiger partial charge on any atom is -0.340 e. The van der Waals surface area contributed by atoms with Crippen molar-refractivity contribution >= 4 is 28.7 Å². The topological polar surface area (TPSA) is 109 Å². The molecule has 1 aliphatic rings. The monoisotopic (exact) mass is 429 g/mol. The Kier molecular flexibility index (Phi) is 5.14. The van der Waals surface area contributed by atoms with Crippen molar-refractivity contribution in [1.29, 1.82) is 0 Å². The van der Waals surface area contributed by atoms with Crippen LogP contribution in [-0.2, 0) is 0 Å². The molecule has 9 nitrogen and oxygen atoms in total. The minimum absolute atomic E-state index is 0.141. The molecule has 0 spiro atoms. The highest BCUT2D eigenvalue weighted by Crippen LogP contribution is 2.17. The van der Waals surface area contributed by atoms with Crippen LogP contribution in [-0.4, -0.2) is 43.7 Å². The lowest BCUT2D eigenvalue weighted by Gasteiger charge is -2.24. The molecule has 1 saturated heterocycles. The third-order valence-electron chi connectivity index (χ3n) is 5.68.